The molecule has 0 radical (unpaired) electrons. The SMILES string of the molecule is c1ccc(-c2ccc(-n3c4ccc(-c5ccc6c(c5)c5ccccc5n6-c5ccccc5)cc4c4cc(C5(c6ccccc6)c6ccccc6-c6ccccc65)ccc43)cc2)cc1. The Balaban J connectivity index is 1.06. The molecule has 2 heteroatoms. The van der Waals surface area contributed by atoms with Gasteiger partial charge in [-0.3, -0.25) is 0 Å². The first-order chi connectivity index (χ1) is 31.3. The molecular formula is C61H40N2. The normalized spacial score (nSPS) is 12.9. The highest BCUT2D eigenvalue weighted by molar-refractivity contribution is 6.13. The number of benzene rings is 10. The van der Waals surface area contributed by atoms with Gasteiger partial charge >= 0.3 is 0 Å². The Hall–Kier alpha value is -8.20. The Morgan fingerprint density at radius 1 is 0.254 bits per heavy atom. The number of aromatic nitrogens is 2. The lowest BCUT2D eigenvalue weighted by atomic mass is 9.67. The first-order valence-corrected chi connectivity index (χ1v) is 21.8. The molecule has 2 nitrogen and oxygen atoms in total. The molecule has 294 valence electrons. The van der Waals surface area contributed by atoms with E-state index in [0.29, 0.717) is 0 Å². The van der Waals surface area contributed by atoms with Crippen LogP contribution in [-0.2, 0) is 5.41 Å². The quantitative estimate of drug-likeness (QED) is 0.159. The molecule has 10 aromatic carbocycles. The van der Waals surface area contributed by atoms with Gasteiger partial charge in [0.05, 0.1) is 27.5 Å². The lowest BCUT2D eigenvalue weighted by Crippen LogP contribution is -2.28. The molecule has 12 aromatic rings. The predicted molar refractivity (Wildman–Crippen MR) is 263 cm³/mol. The van der Waals surface area contributed by atoms with Crippen LogP contribution in [-0.4, -0.2) is 9.13 Å². The molecule has 0 N–H and O–H groups in total. The number of fused-ring (bicyclic) bond motifs is 9. The summed E-state index contributed by atoms with van der Waals surface area (Å²) >= 11 is 0. The fourth-order valence-electron chi connectivity index (χ4n) is 10.9. The summed E-state index contributed by atoms with van der Waals surface area (Å²) in [5.74, 6) is 0. The van der Waals surface area contributed by atoms with Crippen LogP contribution in [0.2, 0.25) is 0 Å². The fourth-order valence-corrected chi connectivity index (χ4v) is 10.9. The van der Waals surface area contributed by atoms with E-state index >= 15 is 0 Å². The molecule has 0 aliphatic heterocycles. The van der Waals surface area contributed by atoms with Crippen LogP contribution in [0.15, 0.2) is 243 Å². The monoisotopic (exact) mass is 800 g/mol. The maximum atomic E-state index is 2.50. The van der Waals surface area contributed by atoms with Crippen molar-refractivity contribution in [2.45, 2.75) is 5.41 Å². The lowest BCUT2D eigenvalue weighted by Gasteiger charge is -2.34. The summed E-state index contributed by atoms with van der Waals surface area (Å²) < 4.78 is 4.84. The zero-order valence-electron chi connectivity index (χ0n) is 34.5. The van der Waals surface area contributed by atoms with Crippen LogP contribution in [0.3, 0.4) is 0 Å². The minimum Gasteiger partial charge on any atom is -0.309 e. The van der Waals surface area contributed by atoms with Crippen molar-refractivity contribution in [2.75, 3.05) is 0 Å². The first-order valence-electron chi connectivity index (χ1n) is 21.8. The van der Waals surface area contributed by atoms with E-state index in [9.17, 15) is 0 Å². The fraction of sp³-hybridized carbons (Fsp3) is 0.0164. The van der Waals surface area contributed by atoms with Crippen molar-refractivity contribution < 1.29 is 0 Å². The molecule has 13 rings (SSSR count). The maximum absolute atomic E-state index is 2.50. The highest BCUT2D eigenvalue weighted by Gasteiger charge is 2.46. The van der Waals surface area contributed by atoms with Crippen LogP contribution in [0.25, 0.3) is 88.4 Å². The van der Waals surface area contributed by atoms with Crippen molar-refractivity contribution >= 4 is 43.6 Å². The van der Waals surface area contributed by atoms with Gasteiger partial charge in [0.15, 0.2) is 0 Å². The summed E-state index contributed by atoms with van der Waals surface area (Å²) in [4.78, 5) is 0. The van der Waals surface area contributed by atoms with Crippen LogP contribution >= 0.6 is 0 Å². The van der Waals surface area contributed by atoms with Gasteiger partial charge < -0.3 is 9.13 Å². The van der Waals surface area contributed by atoms with E-state index in [1.54, 1.807) is 0 Å². The molecule has 0 spiro atoms. The summed E-state index contributed by atoms with van der Waals surface area (Å²) in [5, 5.41) is 4.96. The van der Waals surface area contributed by atoms with Gasteiger partial charge in [0.2, 0.25) is 0 Å². The average Bonchev–Trinajstić information content (AvgIpc) is 3.98. The van der Waals surface area contributed by atoms with Crippen molar-refractivity contribution in [1.29, 1.82) is 0 Å². The molecule has 2 aromatic heterocycles. The minimum absolute atomic E-state index is 0.496. The summed E-state index contributed by atoms with van der Waals surface area (Å²) in [6.45, 7) is 0. The van der Waals surface area contributed by atoms with Crippen molar-refractivity contribution in [1.82, 2.24) is 9.13 Å². The molecule has 0 saturated carbocycles. The maximum Gasteiger partial charge on any atom is 0.0713 e. The number of hydrogen-bond acceptors (Lipinski definition) is 0. The molecule has 0 atom stereocenters. The Morgan fingerprint density at radius 2 is 0.683 bits per heavy atom. The largest absolute Gasteiger partial charge is 0.309 e. The van der Waals surface area contributed by atoms with Gasteiger partial charge in [-0.1, -0.05) is 176 Å². The lowest BCUT2D eigenvalue weighted by molar-refractivity contribution is 0.770. The third-order valence-electron chi connectivity index (χ3n) is 13.6. The van der Waals surface area contributed by atoms with Gasteiger partial charge in [0.1, 0.15) is 0 Å². The van der Waals surface area contributed by atoms with Gasteiger partial charge in [-0.2, -0.15) is 0 Å². The standard InChI is InChI=1S/C61H40N2/c1-4-16-41(17-5-1)42-28-33-48(34-29-42)63-59-36-31-44(43-30-35-58-52(38-43)51-24-12-15-27-57(51)62(58)47-20-8-3-9-21-47)39-53(59)54-40-46(32-37-60(54)63)61(45-18-6-2-7-19-45)55-25-13-10-22-49(55)50-23-11-14-26-56(50)61/h1-40H. The summed E-state index contributed by atoms with van der Waals surface area (Å²) in [5.41, 5.74) is 19.2. The molecule has 0 fully saturated rings. The number of nitrogens with zero attached hydrogens (tertiary/aromatic N) is 2. The molecule has 1 aliphatic carbocycles. The van der Waals surface area contributed by atoms with E-state index < -0.39 is 5.41 Å². The van der Waals surface area contributed by atoms with Crippen molar-refractivity contribution in [3.05, 3.63) is 265 Å². The summed E-state index contributed by atoms with van der Waals surface area (Å²) in [7, 11) is 0. The molecule has 1 aliphatic rings. The molecule has 2 heterocycles. The zero-order valence-corrected chi connectivity index (χ0v) is 34.5. The first kappa shape index (κ1) is 35.5. The second-order valence-corrected chi connectivity index (χ2v) is 16.8. The molecule has 63 heavy (non-hydrogen) atoms. The van der Waals surface area contributed by atoms with E-state index in [2.05, 4.69) is 252 Å². The second-order valence-electron chi connectivity index (χ2n) is 16.8. The zero-order chi connectivity index (χ0) is 41.5. The second kappa shape index (κ2) is 13.9. The summed E-state index contributed by atoms with van der Waals surface area (Å²) in [6.07, 6.45) is 0. The van der Waals surface area contributed by atoms with Crippen molar-refractivity contribution in [2.24, 2.45) is 0 Å². The topological polar surface area (TPSA) is 9.86 Å². The molecule has 0 unspecified atom stereocenters. The highest BCUT2D eigenvalue weighted by Crippen LogP contribution is 2.56. The Kier molecular flexibility index (Phi) is 7.85. The van der Waals surface area contributed by atoms with E-state index in [1.807, 2.05) is 0 Å². The van der Waals surface area contributed by atoms with Gasteiger partial charge in [-0.25, -0.2) is 0 Å². The third kappa shape index (κ3) is 5.25. The Labute approximate surface area is 366 Å². The minimum atomic E-state index is -0.496. The van der Waals surface area contributed by atoms with Crippen LogP contribution in [0.1, 0.15) is 22.3 Å². The molecule has 0 amide bonds. The van der Waals surface area contributed by atoms with Crippen molar-refractivity contribution in [3.8, 4) is 44.8 Å². The van der Waals surface area contributed by atoms with Crippen LogP contribution in [0, 0.1) is 0 Å². The van der Waals surface area contributed by atoms with Gasteiger partial charge in [-0.15, -0.1) is 0 Å². The van der Waals surface area contributed by atoms with Gasteiger partial charge in [0.25, 0.3) is 0 Å². The number of rotatable bonds is 6. The van der Waals surface area contributed by atoms with Crippen LogP contribution < -0.4 is 0 Å². The highest BCUT2D eigenvalue weighted by atomic mass is 15.0. The van der Waals surface area contributed by atoms with E-state index in [0.717, 1.165) is 5.69 Å². The van der Waals surface area contributed by atoms with Gasteiger partial charge in [0, 0.05) is 32.9 Å². The Morgan fingerprint density at radius 3 is 1.32 bits per heavy atom. The van der Waals surface area contributed by atoms with E-state index in [4.69, 9.17) is 0 Å². The average molecular weight is 801 g/mol. The number of hydrogen-bond donors (Lipinski definition) is 0. The van der Waals surface area contributed by atoms with Crippen LogP contribution in [0.4, 0.5) is 0 Å². The molecule has 0 saturated heterocycles. The van der Waals surface area contributed by atoms with Crippen molar-refractivity contribution in [3.63, 3.8) is 0 Å². The van der Waals surface area contributed by atoms with E-state index in [1.165, 1.54) is 105 Å². The predicted octanol–water partition coefficient (Wildman–Crippen LogP) is 15.6. The van der Waals surface area contributed by atoms with E-state index in [-0.39, 0.29) is 0 Å². The number of para-hydroxylation sites is 2. The third-order valence-corrected chi connectivity index (χ3v) is 13.6. The smallest absolute Gasteiger partial charge is 0.0713 e. The molecular weight excluding hydrogens is 761 g/mol. The van der Waals surface area contributed by atoms with Crippen LogP contribution in [0.5, 0.6) is 0 Å². The summed E-state index contributed by atoms with van der Waals surface area (Å²) in [6, 6.07) is 89.6. The van der Waals surface area contributed by atoms with Gasteiger partial charge in [-0.05, 0) is 122 Å². The Bertz CT molecular complexity index is 3660. The molecule has 0 bridgehead atoms.